The van der Waals surface area contributed by atoms with Gasteiger partial charge in [-0.3, -0.25) is 9.69 Å². The number of methoxy groups -OCH3 is 2. The number of rotatable bonds is 6. The first-order valence-electron chi connectivity index (χ1n) is 10.6. The van der Waals surface area contributed by atoms with Crippen LogP contribution in [-0.2, 0) is 6.54 Å². The Morgan fingerprint density at radius 1 is 1.10 bits per heavy atom. The highest BCUT2D eigenvalue weighted by Gasteiger charge is 2.38. The summed E-state index contributed by atoms with van der Waals surface area (Å²) in [5, 5.41) is 3.28. The number of hydrogen-bond donors (Lipinski definition) is 1. The van der Waals surface area contributed by atoms with Gasteiger partial charge in [0.1, 0.15) is 0 Å². The van der Waals surface area contributed by atoms with Crippen LogP contribution >= 0.6 is 15.9 Å². The summed E-state index contributed by atoms with van der Waals surface area (Å²) < 4.78 is 11.7. The van der Waals surface area contributed by atoms with Crippen LogP contribution in [0.3, 0.4) is 0 Å². The number of nitrogens with zero attached hydrogens (tertiary/aromatic N) is 1. The topological polar surface area (TPSA) is 50.8 Å². The molecule has 2 saturated heterocycles. The highest BCUT2D eigenvalue weighted by molar-refractivity contribution is 9.10. The van der Waals surface area contributed by atoms with Crippen molar-refractivity contribution in [1.29, 1.82) is 0 Å². The Kier molecular flexibility index (Phi) is 6.64. The molecule has 0 aromatic heterocycles. The Bertz CT molecular complexity index is 876. The third-order valence-electron chi connectivity index (χ3n) is 6.36. The van der Waals surface area contributed by atoms with Gasteiger partial charge in [-0.15, -0.1) is 0 Å². The molecular weight excluding hydrogens is 444 g/mol. The molecule has 2 fully saturated rings. The average molecular weight is 473 g/mol. The van der Waals surface area contributed by atoms with Gasteiger partial charge in [-0.05, 0) is 43.4 Å². The lowest BCUT2D eigenvalue weighted by atomic mass is 9.81. The fourth-order valence-corrected chi connectivity index (χ4v) is 5.45. The number of amides is 1. The molecule has 3 atom stereocenters. The second kappa shape index (κ2) is 9.40. The summed E-state index contributed by atoms with van der Waals surface area (Å²) in [6, 6.07) is 15.5. The number of nitrogens with one attached hydrogen (secondary N) is 1. The van der Waals surface area contributed by atoms with Crippen LogP contribution < -0.4 is 14.8 Å². The van der Waals surface area contributed by atoms with Crippen molar-refractivity contribution in [1.82, 2.24) is 10.2 Å². The summed E-state index contributed by atoms with van der Waals surface area (Å²) in [7, 11) is 3.14. The molecule has 0 spiro atoms. The lowest BCUT2D eigenvalue weighted by molar-refractivity contribution is 0.0176. The van der Waals surface area contributed by atoms with Gasteiger partial charge < -0.3 is 14.8 Å². The minimum Gasteiger partial charge on any atom is -0.493 e. The van der Waals surface area contributed by atoms with Gasteiger partial charge in [-0.2, -0.15) is 0 Å². The van der Waals surface area contributed by atoms with E-state index >= 15 is 0 Å². The van der Waals surface area contributed by atoms with Gasteiger partial charge in [-0.25, -0.2) is 0 Å². The van der Waals surface area contributed by atoms with Gasteiger partial charge in [0.2, 0.25) is 0 Å². The maximum atomic E-state index is 13.1. The minimum atomic E-state index is -0.106. The van der Waals surface area contributed by atoms with Crippen LogP contribution in [0.25, 0.3) is 0 Å². The number of carbonyl (C=O) groups is 1. The van der Waals surface area contributed by atoms with Gasteiger partial charge in [0.25, 0.3) is 5.91 Å². The number of benzene rings is 2. The molecule has 2 aliphatic rings. The first-order valence-corrected chi connectivity index (χ1v) is 11.4. The SMILES string of the molecule is COc1cc(Br)cc(C(=O)NC2C[C@H]3CCC[C@@H](C2)N3Cc2ccccc2)c1OC. The highest BCUT2D eigenvalue weighted by Crippen LogP contribution is 2.37. The monoisotopic (exact) mass is 472 g/mol. The maximum Gasteiger partial charge on any atom is 0.255 e. The van der Waals surface area contributed by atoms with Crippen LogP contribution in [0.15, 0.2) is 46.9 Å². The second-order valence-electron chi connectivity index (χ2n) is 8.23. The lowest BCUT2D eigenvalue weighted by Crippen LogP contribution is -2.56. The van der Waals surface area contributed by atoms with Crippen molar-refractivity contribution >= 4 is 21.8 Å². The molecule has 0 radical (unpaired) electrons. The zero-order valence-electron chi connectivity index (χ0n) is 17.6. The van der Waals surface area contributed by atoms with Gasteiger partial charge in [-0.1, -0.05) is 52.7 Å². The van der Waals surface area contributed by atoms with Crippen molar-refractivity contribution < 1.29 is 14.3 Å². The summed E-state index contributed by atoms with van der Waals surface area (Å²) >= 11 is 3.47. The Hall–Kier alpha value is -2.05. The first kappa shape index (κ1) is 21.2. The molecule has 2 aliphatic heterocycles. The van der Waals surface area contributed by atoms with E-state index in [1.54, 1.807) is 20.3 Å². The zero-order valence-corrected chi connectivity index (χ0v) is 19.2. The van der Waals surface area contributed by atoms with Crippen molar-refractivity contribution in [3.05, 3.63) is 58.1 Å². The third-order valence-corrected chi connectivity index (χ3v) is 6.82. The predicted molar refractivity (Wildman–Crippen MR) is 121 cm³/mol. The van der Waals surface area contributed by atoms with Crippen LogP contribution in [-0.4, -0.2) is 43.2 Å². The number of halogens is 1. The first-order chi connectivity index (χ1) is 14.6. The van der Waals surface area contributed by atoms with E-state index < -0.39 is 0 Å². The smallest absolute Gasteiger partial charge is 0.255 e. The minimum absolute atomic E-state index is 0.106. The highest BCUT2D eigenvalue weighted by atomic mass is 79.9. The van der Waals surface area contributed by atoms with E-state index in [-0.39, 0.29) is 11.9 Å². The van der Waals surface area contributed by atoms with Crippen molar-refractivity contribution in [2.75, 3.05) is 14.2 Å². The Morgan fingerprint density at radius 3 is 2.43 bits per heavy atom. The molecule has 6 heteroatoms. The fraction of sp³-hybridized carbons (Fsp3) is 0.458. The van der Waals surface area contributed by atoms with E-state index in [0.29, 0.717) is 29.1 Å². The van der Waals surface area contributed by atoms with E-state index in [4.69, 9.17) is 9.47 Å². The third kappa shape index (κ3) is 4.49. The van der Waals surface area contributed by atoms with Gasteiger partial charge in [0.05, 0.1) is 19.8 Å². The number of carbonyl (C=O) groups excluding carboxylic acids is 1. The fourth-order valence-electron chi connectivity index (χ4n) is 5.01. The maximum absolute atomic E-state index is 13.1. The van der Waals surface area contributed by atoms with Crippen LogP contribution in [0, 0.1) is 0 Å². The average Bonchev–Trinajstić information content (AvgIpc) is 2.74. The Labute approximate surface area is 186 Å². The number of piperidine rings is 2. The van der Waals surface area contributed by atoms with Crippen molar-refractivity contribution in [3.63, 3.8) is 0 Å². The van der Waals surface area contributed by atoms with Crippen LogP contribution in [0.4, 0.5) is 0 Å². The standard InChI is InChI=1S/C24H29BrN2O3/c1-29-22-12-17(25)11-21(23(22)30-2)24(28)26-18-13-19-9-6-10-20(14-18)27(19)15-16-7-4-3-5-8-16/h3-5,7-8,11-12,18-20H,6,9-10,13-15H2,1-2H3,(H,26,28)/t18?,19-,20+. The molecule has 0 aliphatic carbocycles. The van der Waals surface area contributed by atoms with Crippen LogP contribution in [0.5, 0.6) is 11.5 Å². The Balaban J connectivity index is 1.47. The summed E-state index contributed by atoms with van der Waals surface area (Å²) in [4.78, 5) is 15.8. The van der Waals surface area contributed by atoms with E-state index in [9.17, 15) is 4.79 Å². The largest absolute Gasteiger partial charge is 0.493 e. The number of ether oxygens (including phenoxy) is 2. The summed E-state index contributed by atoms with van der Waals surface area (Å²) in [5.74, 6) is 0.914. The molecule has 5 nitrogen and oxygen atoms in total. The normalized spacial score (nSPS) is 23.6. The van der Waals surface area contributed by atoms with E-state index in [1.165, 1.54) is 24.8 Å². The van der Waals surface area contributed by atoms with Gasteiger partial charge >= 0.3 is 0 Å². The second-order valence-corrected chi connectivity index (χ2v) is 9.14. The molecule has 160 valence electrons. The summed E-state index contributed by atoms with van der Waals surface area (Å²) in [6.45, 7) is 0.994. The lowest BCUT2D eigenvalue weighted by Gasteiger charge is -2.49. The molecule has 2 aromatic rings. The van der Waals surface area contributed by atoms with E-state index in [2.05, 4.69) is 56.5 Å². The van der Waals surface area contributed by atoms with E-state index in [1.807, 2.05) is 6.07 Å². The molecule has 4 rings (SSSR count). The van der Waals surface area contributed by atoms with E-state index in [0.717, 1.165) is 23.9 Å². The number of fused-ring (bicyclic) bond motifs is 2. The molecule has 2 aromatic carbocycles. The number of hydrogen-bond acceptors (Lipinski definition) is 4. The predicted octanol–water partition coefficient (Wildman–Crippen LogP) is 4.78. The summed E-state index contributed by atoms with van der Waals surface area (Å²) in [6.07, 6.45) is 5.65. The molecular formula is C24H29BrN2O3. The molecule has 1 amide bonds. The van der Waals surface area contributed by atoms with Gasteiger partial charge in [0.15, 0.2) is 11.5 Å². The quantitative estimate of drug-likeness (QED) is 0.656. The molecule has 2 heterocycles. The summed E-state index contributed by atoms with van der Waals surface area (Å²) in [5.41, 5.74) is 1.86. The molecule has 2 bridgehead atoms. The van der Waals surface area contributed by atoms with Crippen molar-refractivity contribution in [2.24, 2.45) is 0 Å². The zero-order chi connectivity index (χ0) is 21.1. The molecule has 0 saturated carbocycles. The van der Waals surface area contributed by atoms with Crippen molar-refractivity contribution in [3.8, 4) is 11.5 Å². The molecule has 1 unspecified atom stereocenters. The van der Waals surface area contributed by atoms with Crippen molar-refractivity contribution in [2.45, 2.75) is 56.8 Å². The van der Waals surface area contributed by atoms with Crippen LogP contribution in [0.1, 0.15) is 48.0 Å². The Morgan fingerprint density at radius 2 is 1.80 bits per heavy atom. The van der Waals surface area contributed by atoms with Crippen LogP contribution in [0.2, 0.25) is 0 Å². The van der Waals surface area contributed by atoms with Gasteiger partial charge in [0, 0.05) is 29.1 Å². The molecule has 1 N–H and O–H groups in total. The molecule has 30 heavy (non-hydrogen) atoms.